The third kappa shape index (κ3) is 3.01. The highest BCUT2D eigenvalue weighted by Crippen LogP contribution is 1.98. The molecule has 0 aromatic rings. The second-order valence-corrected chi connectivity index (χ2v) is 1.86. The van der Waals surface area contributed by atoms with E-state index in [0.717, 1.165) is 6.08 Å². The summed E-state index contributed by atoms with van der Waals surface area (Å²) in [4.78, 5) is 21.1. The van der Waals surface area contributed by atoms with Gasteiger partial charge in [-0.25, -0.2) is 0 Å². The number of rotatable bonds is 5. The zero-order valence-electron chi connectivity index (χ0n) is 6.99. The SMILES string of the molecule is C=C(OC)C(=O)C=C(C=O)OC. The molecule has 0 N–H and O–H groups in total. The Hall–Kier alpha value is -1.58. The molecule has 0 fully saturated rings. The molecule has 4 nitrogen and oxygen atoms in total. The van der Waals surface area contributed by atoms with Crippen molar-refractivity contribution in [2.45, 2.75) is 0 Å². The molecule has 0 aromatic carbocycles. The number of carbonyl (C=O) groups excluding carboxylic acids is 2. The molecule has 0 saturated carbocycles. The smallest absolute Gasteiger partial charge is 0.223 e. The monoisotopic (exact) mass is 170 g/mol. The van der Waals surface area contributed by atoms with Crippen molar-refractivity contribution in [1.29, 1.82) is 0 Å². The molecule has 0 saturated heterocycles. The first-order chi connectivity index (χ1) is 5.65. The van der Waals surface area contributed by atoms with Gasteiger partial charge >= 0.3 is 0 Å². The molecule has 0 atom stereocenters. The van der Waals surface area contributed by atoms with Crippen LogP contribution in [-0.2, 0) is 19.1 Å². The van der Waals surface area contributed by atoms with E-state index < -0.39 is 5.78 Å². The van der Waals surface area contributed by atoms with E-state index in [4.69, 9.17) is 0 Å². The van der Waals surface area contributed by atoms with Gasteiger partial charge in [0, 0.05) is 6.08 Å². The minimum absolute atomic E-state index is 0.0357. The Morgan fingerprint density at radius 2 is 1.92 bits per heavy atom. The molecule has 0 rings (SSSR count). The molecule has 0 aliphatic rings. The summed E-state index contributed by atoms with van der Waals surface area (Å²) in [5, 5.41) is 0. The van der Waals surface area contributed by atoms with Crippen LogP contribution in [-0.4, -0.2) is 26.3 Å². The summed E-state index contributed by atoms with van der Waals surface area (Å²) >= 11 is 0. The van der Waals surface area contributed by atoms with E-state index in [1.54, 1.807) is 0 Å². The highest BCUT2D eigenvalue weighted by Gasteiger charge is 2.05. The fraction of sp³-hybridized carbons (Fsp3) is 0.250. The molecule has 0 unspecified atom stereocenters. The number of carbonyl (C=O) groups is 2. The van der Waals surface area contributed by atoms with Crippen LogP contribution in [0.4, 0.5) is 0 Å². The number of allylic oxidation sites excluding steroid dienone is 2. The highest BCUT2D eigenvalue weighted by atomic mass is 16.5. The minimum atomic E-state index is -0.485. The van der Waals surface area contributed by atoms with Crippen LogP contribution in [0.2, 0.25) is 0 Å². The Morgan fingerprint density at radius 1 is 1.33 bits per heavy atom. The van der Waals surface area contributed by atoms with E-state index in [0.29, 0.717) is 6.29 Å². The molecule has 12 heavy (non-hydrogen) atoms. The Labute approximate surface area is 70.5 Å². The van der Waals surface area contributed by atoms with Gasteiger partial charge in [-0.05, 0) is 0 Å². The zero-order valence-corrected chi connectivity index (χ0v) is 6.99. The first-order valence-corrected chi connectivity index (χ1v) is 3.13. The Balaban J connectivity index is 4.40. The second kappa shape index (κ2) is 5.12. The summed E-state index contributed by atoms with van der Waals surface area (Å²) in [6, 6.07) is 0. The fourth-order valence-corrected chi connectivity index (χ4v) is 0.451. The normalized spacial score (nSPS) is 10.3. The van der Waals surface area contributed by atoms with Crippen LogP contribution >= 0.6 is 0 Å². The van der Waals surface area contributed by atoms with E-state index in [9.17, 15) is 9.59 Å². The maximum Gasteiger partial charge on any atom is 0.223 e. The van der Waals surface area contributed by atoms with Crippen LogP contribution in [0, 0.1) is 0 Å². The molecule has 0 spiro atoms. The number of aldehydes is 1. The van der Waals surface area contributed by atoms with Crippen molar-refractivity contribution in [2.75, 3.05) is 14.2 Å². The number of ether oxygens (including phenoxy) is 2. The first-order valence-electron chi connectivity index (χ1n) is 3.13. The molecule has 0 aliphatic heterocycles. The lowest BCUT2D eigenvalue weighted by Gasteiger charge is -1.99. The van der Waals surface area contributed by atoms with E-state index in [-0.39, 0.29) is 11.5 Å². The van der Waals surface area contributed by atoms with E-state index in [1.807, 2.05) is 0 Å². The van der Waals surface area contributed by atoms with Crippen LogP contribution in [0.3, 0.4) is 0 Å². The van der Waals surface area contributed by atoms with Crippen LogP contribution in [0.1, 0.15) is 0 Å². The first kappa shape index (κ1) is 10.4. The molecule has 66 valence electrons. The molecule has 0 heterocycles. The van der Waals surface area contributed by atoms with Crippen molar-refractivity contribution in [2.24, 2.45) is 0 Å². The zero-order chi connectivity index (χ0) is 9.56. The molecular weight excluding hydrogens is 160 g/mol. The predicted molar refractivity (Wildman–Crippen MR) is 42.3 cm³/mol. The Bertz CT molecular complexity index is 227. The van der Waals surface area contributed by atoms with Gasteiger partial charge in [0.15, 0.2) is 17.8 Å². The molecule has 0 amide bonds. The second-order valence-electron chi connectivity index (χ2n) is 1.86. The van der Waals surface area contributed by atoms with Crippen LogP contribution in [0.5, 0.6) is 0 Å². The van der Waals surface area contributed by atoms with Crippen molar-refractivity contribution in [1.82, 2.24) is 0 Å². The van der Waals surface area contributed by atoms with Crippen molar-refractivity contribution in [3.63, 3.8) is 0 Å². The van der Waals surface area contributed by atoms with E-state index >= 15 is 0 Å². The number of ketones is 1. The molecule has 0 radical (unpaired) electrons. The minimum Gasteiger partial charge on any atom is -0.493 e. The van der Waals surface area contributed by atoms with Gasteiger partial charge in [0.1, 0.15) is 0 Å². The largest absolute Gasteiger partial charge is 0.493 e. The molecular formula is C8H10O4. The summed E-state index contributed by atoms with van der Waals surface area (Å²) in [5.41, 5.74) is 0. The third-order valence-electron chi connectivity index (χ3n) is 1.15. The summed E-state index contributed by atoms with van der Waals surface area (Å²) in [7, 11) is 2.62. The van der Waals surface area contributed by atoms with Crippen molar-refractivity contribution in [3.05, 3.63) is 24.2 Å². The van der Waals surface area contributed by atoms with Gasteiger partial charge in [0.2, 0.25) is 5.78 Å². The van der Waals surface area contributed by atoms with Gasteiger partial charge in [-0.2, -0.15) is 0 Å². The van der Waals surface area contributed by atoms with E-state index in [2.05, 4.69) is 16.1 Å². The summed E-state index contributed by atoms with van der Waals surface area (Å²) in [6.45, 7) is 3.31. The van der Waals surface area contributed by atoms with Gasteiger partial charge in [-0.1, -0.05) is 6.58 Å². The van der Waals surface area contributed by atoms with Crippen molar-refractivity contribution >= 4 is 12.1 Å². The van der Waals surface area contributed by atoms with Crippen LogP contribution in [0.25, 0.3) is 0 Å². The maximum absolute atomic E-state index is 11.0. The number of hydrogen-bond donors (Lipinski definition) is 0. The van der Waals surface area contributed by atoms with Crippen molar-refractivity contribution < 1.29 is 19.1 Å². The number of hydrogen-bond acceptors (Lipinski definition) is 4. The molecule has 0 aromatic heterocycles. The maximum atomic E-state index is 11.0. The predicted octanol–water partition coefficient (Wildman–Crippen LogP) is 0.445. The summed E-state index contributed by atoms with van der Waals surface area (Å²) in [6.07, 6.45) is 1.44. The lowest BCUT2D eigenvalue weighted by atomic mass is 10.3. The van der Waals surface area contributed by atoms with Crippen LogP contribution < -0.4 is 0 Å². The van der Waals surface area contributed by atoms with Gasteiger partial charge in [-0.15, -0.1) is 0 Å². The highest BCUT2D eigenvalue weighted by molar-refractivity contribution is 6.04. The summed E-state index contributed by atoms with van der Waals surface area (Å²) in [5.74, 6) is -0.578. The Kier molecular flexibility index (Phi) is 4.45. The lowest BCUT2D eigenvalue weighted by Crippen LogP contribution is -2.02. The fourth-order valence-electron chi connectivity index (χ4n) is 0.451. The molecule has 0 aliphatic carbocycles. The van der Waals surface area contributed by atoms with Gasteiger partial charge < -0.3 is 9.47 Å². The molecule has 4 heteroatoms. The third-order valence-corrected chi connectivity index (χ3v) is 1.15. The number of methoxy groups -OCH3 is 2. The summed E-state index contributed by atoms with van der Waals surface area (Å²) < 4.78 is 9.08. The topological polar surface area (TPSA) is 52.6 Å². The van der Waals surface area contributed by atoms with Crippen molar-refractivity contribution in [3.8, 4) is 0 Å². The Morgan fingerprint density at radius 3 is 2.25 bits per heavy atom. The van der Waals surface area contributed by atoms with Gasteiger partial charge in [0.05, 0.1) is 14.2 Å². The lowest BCUT2D eigenvalue weighted by molar-refractivity contribution is -0.115. The standard InChI is InChI=1S/C8H10O4/c1-6(11-2)8(10)4-7(5-9)12-3/h4-5H,1H2,2-3H3. The average Bonchev–Trinajstić information content (AvgIpc) is 2.12. The van der Waals surface area contributed by atoms with Gasteiger partial charge in [-0.3, -0.25) is 9.59 Å². The quantitative estimate of drug-likeness (QED) is 0.341. The average molecular weight is 170 g/mol. The molecule has 0 bridgehead atoms. The van der Waals surface area contributed by atoms with E-state index in [1.165, 1.54) is 14.2 Å². The van der Waals surface area contributed by atoms with Crippen LogP contribution in [0.15, 0.2) is 24.2 Å². The van der Waals surface area contributed by atoms with Gasteiger partial charge in [0.25, 0.3) is 0 Å².